The van der Waals surface area contributed by atoms with Crippen molar-refractivity contribution in [3.8, 4) is 0 Å². The van der Waals surface area contributed by atoms with Gasteiger partial charge in [0.05, 0.1) is 6.54 Å². The Bertz CT molecular complexity index is 126. The first-order valence-corrected chi connectivity index (χ1v) is 4.62. The summed E-state index contributed by atoms with van der Waals surface area (Å²) in [6.07, 6.45) is 4.70. The molecule has 0 aromatic heterocycles. The molecule has 3 heteroatoms. The van der Waals surface area contributed by atoms with Crippen LogP contribution in [0.3, 0.4) is 0 Å². The number of hydrogen-bond acceptors (Lipinski definition) is 2. The van der Waals surface area contributed by atoms with Crippen LogP contribution >= 0.6 is 0 Å². The molecule has 72 valence electrons. The summed E-state index contributed by atoms with van der Waals surface area (Å²) in [5.41, 5.74) is 0. The molecule has 0 aliphatic rings. The van der Waals surface area contributed by atoms with Crippen molar-refractivity contribution >= 4 is 5.97 Å². The lowest BCUT2D eigenvalue weighted by molar-refractivity contribution is -0.136. The van der Waals surface area contributed by atoms with E-state index in [0.717, 1.165) is 6.42 Å². The van der Waals surface area contributed by atoms with Crippen molar-refractivity contribution < 1.29 is 9.90 Å². The lowest BCUT2D eigenvalue weighted by atomic mass is 10.1. The Hall–Kier alpha value is -0.570. The van der Waals surface area contributed by atoms with Gasteiger partial charge >= 0.3 is 5.97 Å². The minimum atomic E-state index is -0.780. The van der Waals surface area contributed by atoms with E-state index in [1.165, 1.54) is 19.3 Å². The quantitative estimate of drug-likeness (QED) is 0.575. The minimum absolute atomic E-state index is 0.0767. The number of nitrogens with one attached hydrogen (secondary N) is 1. The molecule has 0 aliphatic carbocycles. The van der Waals surface area contributed by atoms with Crippen LogP contribution in [0.5, 0.6) is 0 Å². The van der Waals surface area contributed by atoms with Crippen LogP contribution in [0, 0.1) is 0 Å². The summed E-state index contributed by atoms with van der Waals surface area (Å²) in [5, 5.41) is 11.3. The maximum Gasteiger partial charge on any atom is 0.317 e. The number of aliphatic carboxylic acids is 1. The standard InChI is InChI=1S/C9H19NO2/c1-3-4-5-6-8(2)10-7-9(11)12/h8,10H,3-7H2,1-2H3,(H,11,12)/t8-/m0/s1. The van der Waals surface area contributed by atoms with Crippen LogP contribution < -0.4 is 5.32 Å². The Balaban J connectivity index is 3.21. The molecule has 0 spiro atoms. The van der Waals surface area contributed by atoms with Crippen LogP contribution in [-0.2, 0) is 4.79 Å². The highest BCUT2D eigenvalue weighted by Crippen LogP contribution is 2.02. The Labute approximate surface area is 74.2 Å². The lowest BCUT2D eigenvalue weighted by Crippen LogP contribution is -2.31. The van der Waals surface area contributed by atoms with E-state index < -0.39 is 5.97 Å². The molecule has 0 aliphatic heterocycles. The van der Waals surface area contributed by atoms with Gasteiger partial charge in [-0.2, -0.15) is 0 Å². The van der Waals surface area contributed by atoms with Gasteiger partial charge in [0.1, 0.15) is 0 Å². The molecule has 0 aromatic carbocycles. The summed E-state index contributed by atoms with van der Waals surface area (Å²) < 4.78 is 0. The fourth-order valence-corrected chi connectivity index (χ4v) is 1.06. The van der Waals surface area contributed by atoms with E-state index in [0.29, 0.717) is 6.04 Å². The van der Waals surface area contributed by atoms with Crippen molar-refractivity contribution in [2.24, 2.45) is 0 Å². The molecule has 0 amide bonds. The molecule has 0 rings (SSSR count). The maximum absolute atomic E-state index is 10.2. The molecular weight excluding hydrogens is 154 g/mol. The van der Waals surface area contributed by atoms with Gasteiger partial charge in [0.2, 0.25) is 0 Å². The Morgan fingerprint density at radius 2 is 2.17 bits per heavy atom. The van der Waals surface area contributed by atoms with Gasteiger partial charge in [-0.25, -0.2) is 0 Å². The van der Waals surface area contributed by atoms with Gasteiger partial charge in [-0.3, -0.25) is 4.79 Å². The average molecular weight is 173 g/mol. The maximum atomic E-state index is 10.2. The van der Waals surface area contributed by atoms with E-state index in [9.17, 15) is 4.79 Å². The van der Waals surface area contributed by atoms with E-state index in [-0.39, 0.29) is 6.54 Å². The van der Waals surface area contributed by atoms with Crippen molar-refractivity contribution in [3.63, 3.8) is 0 Å². The minimum Gasteiger partial charge on any atom is -0.480 e. The van der Waals surface area contributed by atoms with E-state index >= 15 is 0 Å². The molecule has 1 atom stereocenters. The highest BCUT2D eigenvalue weighted by atomic mass is 16.4. The molecule has 0 heterocycles. The lowest BCUT2D eigenvalue weighted by Gasteiger charge is -2.10. The summed E-state index contributed by atoms with van der Waals surface area (Å²) >= 11 is 0. The number of carboxylic acids is 1. The van der Waals surface area contributed by atoms with E-state index in [4.69, 9.17) is 5.11 Å². The van der Waals surface area contributed by atoms with Gasteiger partial charge in [0, 0.05) is 6.04 Å². The number of unbranched alkanes of at least 4 members (excludes halogenated alkanes) is 2. The van der Waals surface area contributed by atoms with Gasteiger partial charge in [-0.15, -0.1) is 0 Å². The number of carbonyl (C=O) groups is 1. The van der Waals surface area contributed by atoms with Crippen LogP contribution in [-0.4, -0.2) is 23.7 Å². The molecular formula is C9H19NO2. The Kier molecular flexibility index (Phi) is 6.76. The van der Waals surface area contributed by atoms with Crippen molar-refractivity contribution in [1.82, 2.24) is 5.32 Å². The summed E-state index contributed by atoms with van der Waals surface area (Å²) in [7, 11) is 0. The van der Waals surface area contributed by atoms with Crippen LogP contribution in [0.1, 0.15) is 39.5 Å². The zero-order valence-electron chi connectivity index (χ0n) is 7.97. The van der Waals surface area contributed by atoms with Crippen LogP contribution in [0.25, 0.3) is 0 Å². The van der Waals surface area contributed by atoms with Gasteiger partial charge in [-0.05, 0) is 13.3 Å². The molecule has 12 heavy (non-hydrogen) atoms. The zero-order chi connectivity index (χ0) is 9.40. The molecule has 0 bridgehead atoms. The molecule has 3 nitrogen and oxygen atoms in total. The third-order valence-electron chi connectivity index (χ3n) is 1.84. The monoisotopic (exact) mass is 173 g/mol. The largest absolute Gasteiger partial charge is 0.480 e. The Morgan fingerprint density at radius 3 is 2.67 bits per heavy atom. The second kappa shape index (κ2) is 7.10. The van der Waals surface area contributed by atoms with Crippen molar-refractivity contribution in [2.75, 3.05) is 6.54 Å². The third kappa shape index (κ3) is 7.54. The normalized spacial score (nSPS) is 12.8. The van der Waals surface area contributed by atoms with Crippen molar-refractivity contribution in [2.45, 2.75) is 45.6 Å². The first-order valence-electron chi connectivity index (χ1n) is 4.62. The summed E-state index contributed by atoms with van der Waals surface area (Å²) in [6.45, 7) is 4.27. The molecule has 0 fully saturated rings. The molecule has 0 saturated carbocycles. The summed E-state index contributed by atoms with van der Waals surface area (Å²) in [5.74, 6) is -0.780. The van der Waals surface area contributed by atoms with Crippen LogP contribution in [0.2, 0.25) is 0 Å². The highest BCUT2D eigenvalue weighted by Gasteiger charge is 2.02. The third-order valence-corrected chi connectivity index (χ3v) is 1.84. The number of hydrogen-bond donors (Lipinski definition) is 2. The van der Waals surface area contributed by atoms with Gasteiger partial charge in [0.25, 0.3) is 0 Å². The van der Waals surface area contributed by atoms with Crippen molar-refractivity contribution in [3.05, 3.63) is 0 Å². The molecule has 0 radical (unpaired) electrons. The van der Waals surface area contributed by atoms with Gasteiger partial charge in [0.15, 0.2) is 0 Å². The summed E-state index contributed by atoms with van der Waals surface area (Å²) in [6, 6.07) is 0.327. The van der Waals surface area contributed by atoms with Gasteiger partial charge < -0.3 is 10.4 Å². The highest BCUT2D eigenvalue weighted by molar-refractivity contribution is 5.69. The van der Waals surface area contributed by atoms with Crippen LogP contribution in [0.4, 0.5) is 0 Å². The fraction of sp³-hybridized carbons (Fsp3) is 0.889. The second-order valence-electron chi connectivity index (χ2n) is 3.17. The number of carboxylic acid groups (broad SMARTS) is 1. The van der Waals surface area contributed by atoms with E-state index in [1.54, 1.807) is 0 Å². The first-order chi connectivity index (χ1) is 5.66. The SMILES string of the molecule is CCCCC[C@H](C)NCC(=O)O. The smallest absolute Gasteiger partial charge is 0.317 e. The van der Waals surface area contributed by atoms with Gasteiger partial charge in [-0.1, -0.05) is 26.2 Å². The zero-order valence-corrected chi connectivity index (χ0v) is 7.97. The number of rotatable bonds is 7. The van der Waals surface area contributed by atoms with E-state index in [1.807, 2.05) is 6.92 Å². The molecule has 0 saturated heterocycles. The van der Waals surface area contributed by atoms with Crippen LogP contribution in [0.15, 0.2) is 0 Å². The summed E-state index contributed by atoms with van der Waals surface area (Å²) in [4.78, 5) is 10.2. The Morgan fingerprint density at radius 1 is 1.50 bits per heavy atom. The molecule has 0 aromatic rings. The fourth-order valence-electron chi connectivity index (χ4n) is 1.06. The second-order valence-corrected chi connectivity index (χ2v) is 3.17. The molecule has 2 N–H and O–H groups in total. The van der Waals surface area contributed by atoms with Crippen molar-refractivity contribution in [1.29, 1.82) is 0 Å². The first kappa shape index (κ1) is 11.4. The topological polar surface area (TPSA) is 49.3 Å². The predicted molar refractivity (Wildman–Crippen MR) is 49.2 cm³/mol. The molecule has 0 unspecified atom stereocenters. The predicted octanol–water partition coefficient (Wildman–Crippen LogP) is 1.63. The average Bonchev–Trinajstić information content (AvgIpc) is 2.01. The van der Waals surface area contributed by atoms with E-state index in [2.05, 4.69) is 12.2 Å².